The van der Waals surface area contributed by atoms with E-state index >= 15 is 0 Å². The molecule has 0 saturated carbocycles. The molecule has 0 heterocycles. The number of hydrogen-bond acceptors (Lipinski definition) is 6. The van der Waals surface area contributed by atoms with Crippen LogP contribution >= 0.6 is 11.6 Å². The van der Waals surface area contributed by atoms with Crippen molar-refractivity contribution in [3.63, 3.8) is 0 Å². The van der Waals surface area contributed by atoms with E-state index in [1.165, 1.54) is 12.2 Å². The van der Waals surface area contributed by atoms with E-state index < -0.39 is 29.6 Å². The van der Waals surface area contributed by atoms with E-state index in [-0.39, 0.29) is 38.3 Å². The highest BCUT2D eigenvalue weighted by Crippen LogP contribution is 2.35. The van der Waals surface area contributed by atoms with E-state index in [2.05, 4.69) is 13.2 Å². The van der Waals surface area contributed by atoms with Crippen LogP contribution < -0.4 is 0 Å². The van der Waals surface area contributed by atoms with Gasteiger partial charge in [0.25, 0.3) is 0 Å². The van der Waals surface area contributed by atoms with Crippen molar-refractivity contribution in [1.82, 2.24) is 0 Å². The molecular formula is C33H31ClO6. The molecule has 40 heavy (non-hydrogen) atoms. The third-order valence-electron chi connectivity index (χ3n) is 6.40. The Morgan fingerprint density at radius 2 is 1.20 bits per heavy atom. The van der Waals surface area contributed by atoms with E-state index in [1.54, 1.807) is 66.7 Å². The maximum atomic E-state index is 13.5. The van der Waals surface area contributed by atoms with Gasteiger partial charge in [-0.05, 0) is 36.1 Å². The van der Waals surface area contributed by atoms with Gasteiger partial charge in [0.15, 0.2) is 17.0 Å². The van der Waals surface area contributed by atoms with Gasteiger partial charge in [0.1, 0.15) is 13.2 Å². The van der Waals surface area contributed by atoms with Gasteiger partial charge in [-0.1, -0.05) is 104 Å². The second-order valence-electron chi connectivity index (χ2n) is 9.18. The number of ether oxygens (including phenoxy) is 2. The Bertz CT molecular complexity index is 1320. The normalized spacial score (nSPS) is 10.8. The zero-order chi connectivity index (χ0) is 29.0. The first-order valence-corrected chi connectivity index (χ1v) is 13.2. The molecule has 0 bridgehead atoms. The van der Waals surface area contributed by atoms with Crippen molar-refractivity contribution >= 4 is 35.1 Å². The first-order valence-electron chi connectivity index (χ1n) is 12.8. The van der Waals surface area contributed by atoms with E-state index in [9.17, 15) is 19.2 Å². The summed E-state index contributed by atoms with van der Waals surface area (Å²) in [5, 5.41) is 0.615. The van der Waals surface area contributed by atoms with Crippen molar-refractivity contribution in [2.24, 2.45) is 5.41 Å². The SMILES string of the molecule is C=CCOC(=O)C(CCCC(=O)c1ccccc1)(CC(=O)c1ccc(-c2ccc(Cl)cc2)cc1)C(=O)OCC=C. The molecule has 0 saturated heterocycles. The average Bonchev–Trinajstić information content (AvgIpc) is 2.98. The van der Waals surface area contributed by atoms with Gasteiger partial charge in [-0.2, -0.15) is 0 Å². The Kier molecular flexibility index (Phi) is 11.2. The first kappa shape index (κ1) is 30.3. The van der Waals surface area contributed by atoms with Crippen LogP contribution in [0.25, 0.3) is 11.1 Å². The van der Waals surface area contributed by atoms with Crippen molar-refractivity contribution in [2.45, 2.75) is 25.7 Å². The molecular weight excluding hydrogens is 528 g/mol. The number of hydrogen-bond donors (Lipinski definition) is 0. The van der Waals surface area contributed by atoms with Crippen molar-refractivity contribution in [2.75, 3.05) is 13.2 Å². The summed E-state index contributed by atoms with van der Waals surface area (Å²) >= 11 is 5.98. The highest BCUT2D eigenvalue weighted by atomic mass is 35.5. The highest BCUT2D eigenvalue weighted by molar-refractivity contribution is 6.30. The zero-order valence-electron chi connectivity index (χ0n) is 22.1. The van der Waals surface area contributed by atoms with Gasteiger partial charge in [0.05, 0.1) is 0 Å². The topological polar surface area (TPSA) is 86.7 Å². The van der Waals surface area contributed by atoms with Crippen LogP contribution in [0.5, 0.6) is 0 Å². The second kappa shape index (κ2) is 14.8. The highest BCUT2D eigenvalue weighted by Gasteiger charge is 2.50. The minimum absolute atomic E-state index is 0.0687. The lowest BCUT2D eigenvalue weighted by Gasteiger charge is -2.28. The number of carbonyl (C=O) groups excluding carboxylic acids is 4. The molecule has 0 unspecified atom stereocenters. The summed E-state index contributed by atoms with van der Waals surface area (Å²) in [7, 11) is 0. The number of rotatable bonds is 15. The molecule has 0 spiro atoms. The molecule has 0 amide bonds. The number of halogens is 1. The molecule has 0 aliphatic heterocycles. The summed E-state index contributed by atoms with van der Waals surface area (Å²) in [5.74, 6) is -2.39. The van der Waals surface area contributed by atoms with Crippen LogP contribution in [0.1, 0.15) is 46.4 Å². The number of benzene rings is 3. The lowest BCUT2D eigenvalue weighted by atomic mass is 9.76. The number of carbonyl (C=O) groups is 4. The van der Waals surface area contributed by atoms with Crippen LogP contribution in [-0.4, -0.2) is 36.7 Å². The number of ketones is 2. The molecule has 3 aromatic rings. The molecule has 0 radical (unpaired) electrons. The van der Waals surface area contributed by atoms with E-state index in [4.69, 9.17) is 21.1 Å². The molecule has 0 aliphatic carbocycles. The molecule has 0 aromatic heterocycles. The van der Waals surface area contributed by atoms with Crippen LogP contribution in [0, 0.1) is 5.41 Å². The van der Waals surface area contributed by atoms with Gasteiger partial charge >= 0.3 is 11.9 Å². The molecule has 3 aromatic carbocycles. The number of esters is 2. The Morgan fingerprint density at radius 3 is 1.73 bits per heavy atom. The molecule has 0 atom stereocenters. The smallest absolute Gasteiger partial charge is 0.324 e. The standard InChI is InChI=1S/C33H31ClO6/c1-3-21-39-31(37)33(32(38)40-22-4-2,20-8-11-29(35)26-9-6-5-7-10-26)23-30(36)27-14-12-24(13-15-27)25-16-18-28(34)19-17-25/h3-7,9-10,12-19H,1-2,8,11,20-23H2. The molecule has 0 fully saturated rings. The minimum Gasteiger partial charge on any atom is -0.461 e. The van der Waals surface area contributed by atoms with Crippen LogP contribution in [0.4, 0.5) is 0 Å². The van der Waals surface area contributed by atoms with Gasteiger partial charge in [0.2, 0.25) is 0 Å². The molecule has 0 aliphatic rings. The van der Waals surface area contributed by atoms with Gasteiger partial charge in [-0.3, -0.25) is 19.2 Å². The predicted molar refractivity (Wildman–Crippen MR) is 155 cm³/mol. The van der Waals surface area contributed by atoms with Crippen molar-refractivity contribution < 1.29 is 28.7 Å². The Hall–Kier alpha value is -4.29. The Balaban J connectivity index is 1.87. The summed E-state index contributed by atoms with van der Waals surface area (Å²) in [4.78, 5) is 52.9. The Labute approximate surface area is 239 Å². The number of Topliss-reactive ketones (excluding diaryl/α,β-unsaturated/α-hetero) is 2. The summed E-state index contributed by atoms with van der Waals surface area (Å²) in [6.45, 7) is 6.80. The third kappa shape index (κ3) is 7.87. The maximum Gasteiger partial charge on any atom is 0.324 e. The van der Waals surface area contributed by atoms with Crippen molar-refractivity contribution in [3.05, 3.63) is 120 Å². The molecule has 0 N–H and O–H groups in total. The fourth-order valence-corrected chi connectivity index (χ4v) is 4.38. The fraction of sp³-hybridized carbons (Fsp3) is 0.212. The summed E-state index contributed by atoms with van der Waals surface area (Å²) < 4.78 is 10.6. The molecule has 7 heteroatoms. The molecule has 3 rings (SSSR count). The van der Waals surface area contributed by atoms with Crippen LogP contribution in [0.3, 0.4) is 0 Å². The van der Waals surface area contributed by atoms with Crippen LogP contribution in [0.2, 0.25) is 5.02 Å². The minimum atomic E-state index is -1.95. The third-order valence-corrected chi connectivity index (χ3v) is 6.65. The maximum absolute atomic E-state index is 13.5. The van der Waals surface area contributed by atoms with Crippen LogP contribution in [0.15, 0.2) is 104 Å². The monoisotopic (exact) mass is 558 g/mol. The summed E-state index contributed by atoms with van der Waals surface area (Å²) in [6.07, 6.45) is 2.36. The lowest BCUT2D eigenvalue weighted by molar-refractivity contribution is -0.171. The fourth-order valence-electron chi connectivity index (χ4n) is 4.25. The molecule has 6 nitrogen and oxygen atoms in total. The summed E-state index contributed by atoms with van der Waals surface area (Å²) in [6, 6.07) is 22.8. The van der Waals surface area contributed by atoms with Gasteiger partial charge in [-0.15, -0.1) is 0 Å². The first-order chi connectivity index (χ1) is 19.3. The van der Waals surface area contributed by atoms with E-state index in [0.717, 1.165) is 11.1 Å². The largest absolute Gasteiger partial charge is 0.461 e. The van der Waals surface area contributed by atoms with Gasteiger partial charge in [-0.25, -0.2) is 0 Å². The van der Waals surface area contributed by atoms with E-state index in [1.807, 2.05) is 12.1 Å². The second-order valence-corrected chi connectivity index (χ2v) is 9.62. The van der Waals surface area contributed by atoms with Crippen LogP contribution in [-0.2, 0) is 19.1 Å². The Morgan fingerprint density at radius 1 is 0.700 bits per heavy atom. The summed E-state index contributed by atoms with van der Waals surface area (Å²) in [5.41, 5.74) is 0.676. The predicted octanol–water partition coefficient (Wildman–Crippen LogP) is 7.08. The van der Waals surface area contributed by atoms with Gasteiger partial charge < -0.3 is 9.47 Å². The zero-order valence-corrected chi connectivity index (χ0v) is 22.9. The lowest BCUT2D eigenvalue weighted by Crippen LogP contribution is -2.44. The molecule has 206 valence electrons. The van der Waals surface area contributed by atoms with Crippen molar-refractivity contribution in [1.29, 1.82) is 0 Å². The average molecular weight is 559 g/mol. The van der Waals surface area contributed by atoms with Gasteiger partial charge in [0, 0.05) is 29.0 Å². The van der Waals surface area contributed by atoms with Crippen molar-refractivity contribution in [3.8, 4) is 11.1 Å². The quantitative estimate of drug-likeness (QED) is 0.0857. The van der Waals surface area contributed by atoms with E-state index in [0.29, 0.717) is 16.1 Å².